The molecule has 0 aromatic rings. The van der Waals surface area contributed by atoms with Crippen LogP contribution in [0.2, 0.25) is 0 Å². The molecule has 0 heterocycles. The van der Waals surface area contributed by atoms with Crippen molar-refractivity contribution in [3.8, 4) is 0 Å². The fraction of sp³-hybridized carbons (Fsp3) is 0.917. The van der Waals surface area contributed by atoms with E-state index in [0.29, 0.717) is 24.4 Å². The molecule has 15 heavy (non-hydrogen) atoms. The predicted octanol–water partition coefficient (Wildman–Crippen LogP) is 1.90. The third-order valence-corrected chi connectivity index (χ3v) is 4.33. The van der Waals surface area contributed by atoms with Gasteiger partial charge in [0.2, 0.25) is 0 Å². The summed E-state index contributed by atoms with van der Waals surface area (Å²) in [6, 6.07) is 0. The number of carbonyl (C=O) groups is 1. The van der Waals surface area contributed by atoms with Gasteiger partial charge in [-0.25, -0.2) is 0 Å². The Balaban J connectivity index is 1.91. The van der Waals surface area contributed by atoms with Gasteiger partial charge in [-0.05, 0) is 56.3 Å². The molecule has 0 radical (unpaired) electrons. The second-order valence-corrected chi connectivity index (χ2v) is 5.23. The smallest absolute Gasteiger partial charge is 0.306 e. The van der Waals surface area contributed by atoms with Crippen LogP contribution in [0, 0.1) is 23.7 Å². The van der Waals surface area contributed by atoms with Crippen LogP contribution in [0.4, 0.5) is 0 Å². The van der Waals surface area contributed by atoms with E-state index < -0.39 is 5.97 Å². The van der Waals surface area contributed by atoms with Crippen LogP contribution < -0.4 is 0 Å². The van der Waals surface area contributed by atoms with Crippen LogP contribution >= 0.6 is 0 Å². The molecular formula is C12H20O3. The number of aliphatic hydroxyl groups is 1. The zero-order valence-electron chi connectivity index (χ0n) is 9.06. The lowest BCUT2D eigenvalue weighted by Crippen LogP contribution is -2.34. The number of fused-ring (bicyclic) bond motifs is 1. The second-order valence-electron chi connectivity index (χ2n) is 5.23. The van der Waals surface area contributed by atoms with Crippen molar-refractivity contribution in [1.82, 2.24) is 0 Å². The molecule has 2 fully saturated rings. The number of rotatable bonds is 2. The van der Waals surface area contributed by atoms with E-state index in [2.05, 4.69) is 0 Å². The number of aliphatic hydroxyl groups excluding tert-OH is 1. The van der Waals surface area contributed by atoms with Gasteiger partial charge in [0.25, 0.3) is 0 Å². The molecule has 2 aliphatic carbocycles. The van der Waals surface area contributed by atoms with Crippen molar-refractivity contribution in [1.29, 1.82) is 0 Å². The summed E-state index contributed by atoms with van der Waals surface area (Å²) in [6.45, 7) is 0.311. The van der Waals surface area contributed by atoms with Gasteiger partial charge < -0.3 is 10.2 Å². The van der Waals surface area contributed by atoms with Gasteiger partial charge in [0, 0.05) is 6.61 Å². The van der Waals surface area contributed by atoms with E-state index >= 15 is 0 Å². The summed E-state index contributed by atoms with van der Waals surface area (Å²) in [5.41, 5.74) is 0. The van der Waals surface area contributed by atoms with E-state index in [1.54, 1.807) is 0 Å². The maximum Gasteiger partial charge on any atom is 0.306 e. The Bertz CT molecular complexity index is 239. The maximum atomic E-state index is 10.9. The number of aliphatic carboxylic acids is 1. The first-order chi connectivity index (χ1) is 7.20. The normalized spacial score (nSPS) is 40.9. The first-order valence-electron chi connectivity index (χ1n) is 6.04. The molecule has 2 saturated carbocycles. The topological polar surface area (TPSA) is 57.5 Å². The fourth-order valence-electron chi connectivity index (χ4n) is 3.38. The van der Waals surface area contributed by atoms with Crippen LogP contribution in [0.3, 0.4) is 0 Å². The third-order valence-electron chi connectivity index (χ3n) is 4.33. The molecule has 4 atom stereocenters. The predicted molar refractivity (Wildman–Crippen MR) is 56.4 cm³/mol. The van der Waals surface area contributed by atoms with Crippen LogP contribution in [-0.4, -0.2) is 22.8 Å². The van der Waals surface area contributed by atoms with Gasteiger partial charge in [0.15, 0.2) is 0 Å². The molecule has 3 nitrogen and oxygen atoms in total. The van der Waals surface area contributed by atoms with Crippen molar-refractivity contribution in [2.24, 2.45) is 23.7 Å². The highest BCUT2D eigenvalue weighted by Gasteiger charge is 2.37. The Morgan fingerprint density at radius 1 is 1.07 bits per heavy atom. The number of carboxylic acids is 1. The Morgan fingerprint density at radius 3 is 2.40 bits per heavy atom. The van der Waals surface area contributed by atoms with Gasteiger partial charge in [-0.1, -0.05) is 0 Å². The van der Waals surface area contributed by atoms with Crippen molar-refractivity contribution in [2.75, 3.05) is 6.61 Å². The minimum atomic E-state index is -0.613. The molecule has 0 aromatic heterocycles. The molecule has 3 heteroatoms. The van der Waals surface area contributed by atoms with Gasteiger partial charge in [-0.15, -0.1) is 0 Å². The van der Waals surface area contributed by atoms with E-state index in [9.17, 15) is 4.79 Å². The van der Waals surface area contributed by atoms with Crippen molar-refractivity contribution in [3.63, 3.8) is 0 Å². The van der Waals surface area contributed by atoms with Crippen LogP contribution in [-0.2, 0) is 4.79 Å². The van der Waals surface area contributed by atoms with Crippen molar-refractivity contribution in [3.05, 3.63) is 0 Å². The molecule has 0 amide bonds. The standard InChI is InChI=1S/C12H20O3/c13-7-8-1-2-10-6-11(12(14)15)4-3-9(10)5-8/h8-11,13H,1-7H2,(H,14,15). The van der Waals surface area contributed by atoms with Crippen molar-refractivity contribution >= 4 is 5.97 Å². The number of hydrogen-bond donors (Lipinski definition) is 2. The minimum absolute atomic E-state index is 0.100. The van der Waals surface area contributed by atoms with Gasteiger partial charge in [-0.3, -0.25) is 4.79 Å². The second kappa shape index (κ2) is 4.52. The molecule has 2 aliphatic rings. The first-order valence-corrected chi connectivity index (χ1v) is 6.04. The van der Waals surface area contributed by atoms with Crippen molar-refractivity contribution < 1.29 is 15.0 Å². The molecule has 0 saturated heterocycles. The molecule has 4 unspecified atom stereocenters. The van der Waals surface area contributed by atoms with Gasteiger partial charge >= 0.3 is 5.97 Å². The highest BCUT2D eigenvalue weighted by Crippen LogP contribution is 2.44. The molecule has 2 rings (SSSR count). The lowest BCUT2D eigenvalue weighted by atomic mass is 9.65. The minimum Gasteiger partial charge on any atom is -0.481 e. The molecule has 0 aromatic carbocycles. The largest absolute Gasteiger partial charge is 0.481 e. The van der Waals surface area contributed by atoms with Crippen molar-refractivity contribution in [2.45, 2.75) is 38.5 Å². The Hall–Kier alpha value is -0.570. The summed E-state index contributed by atoms with van der Waals surface area (Å²) < 4.78 is 0. The average Bonchev–Trinajstić information content (AvgIpc) is 2.27. The third kappa shape index (κ3) is 2.33. The maximum absolute atomic E-state index is 10.9. The number of carboxylic acid groups (broad SMARTS) is 1. The van der Waals surface area contributed by atoms with E-state index in [1.165, 1.54) is 0 Å². The Kier molecular flexibility index (Phi) is 3.29. The summed E-state index contributed by atoms with van der Waals surface area (Å²) in [4.78, 5) is 10.9. The first kappa shape index (κ1) is 10.9. The monoisotopic (exact) mass is 212 g/mol. The van der Waals surface area contributed by atoms with E-state index in [4.69, 9.17) is 10.2 Å². The zero-order chi connectivity index (χ0) is 10.8. The average molecular weight is 212 g/mol. The van der Waals surface area contributed by atoms with Crippen LogP contribution in [0.25, 0.3) is 0 Å². The summed E-state index contributed by atoms with van der Waals surface area (Å²) in [5, 5.41) is 18.1. The summed E-state index contributed by atoms with van der Waals surface area (Å²) in [6.07, 6.45) is 6.10. The molecule has 86 valence electrons. The van der Waals surface area contributed by atoms with Gasteiger partial charge in [-0.2, -0.15) is 0 Å². The van der Waals surface area contributed by atoms with Gasteiger partial charge in [0.1, 0.15) is 0 Å². The van der Waals surface area contributed by atoms with Crippen LogP contribution in [0.5, 0.6) is 0 Å². The lowest BCUT2D eigenvalue weighted by molar-refractivity contribution is -0.144. The van der Waals surface area contributed by atoms with E-state index in [0.717, 1.165) is 38.5 Å². The molecule has 0 aliphatic heterocycles. The van der Waals surface area contributed by atoms with Gasteiger partial charge in [0.05, 0.1) is 5.92 Å². The van der Waals surface area contributed by atoms with E-state index in [1.807, 2.05) is 0 Å². The lowest BCUT2D eigenvalue weighted by Gasteiger charge is -2.40. The van der Waals surface area contributed by atoms with Crippen LogP contribution in [0.15, 0.2) is 0 Å². The molecular weight excluding hydrogens is 192 g/mol. The molecule has 0 bridgehead atoms. The highest BCUT2D eigenvalue weighted by atomic mass is 16.4. The molecule has 2 N–H and O–H groups in total. The Morgan fingerprint density at radius 2 is 1.73 bits per heavy atom. The summed E-state index contributed by atoms with van der Waals surface area (Å²) in [5.74, 6) is 1.07. The summed E-state index contributed by atoms with van der Waals surface area (Å²) >= 11 is 0. The molecule has 0 spiro atoms. The Labute approximate surface area is 90.5 Å². The highest BCUT2D eigenvalue weighted by molar-refractivity contribution is 5.70. The zero-order valence-corrected chi connectivity index (χ0v) is 9.06. The van der Waals surface area contributed by atoms with Crippen LogP contribution in [0.1, 0.15) is 38.5 Å². The van der Waals surface area contributed by atoms with E-state index in [-0.39, 0.29) is 5.92 Å². The SMILES string of the molecule is O=C(O)C1CCC2CC(CO)CCC2C1. The quantitative estimate of drug-likeness (QED) is 0.735. The summed E-state index contributed by atoms with van der Waals surface area (Å²) in [7, 11) is 0. The fourth-order valence-corrected chi connectivity index (χ4v) is 3.38. The number of hydrogen-bond acceptors (Lipinski definition) is 2.